The first-order valence-electron chi connectivity index (χ1n) is 10.3. The van der Waals surface area contributed by atoms with Gasteiger partial charge in [0, 0.05) is 25.7 Å². The molecule has 0 N–H and O–H groups in total. The monoisotopic (exact) mass is 400 g/mol. The van der Waals surface area contributed by atoms with Crippen molar-refractivity contribution in [3.05, 3.63) is 109 Å². The minimum absolute atomic E-state index is 1.29. The molecule has 0 nitrogen and oxygen atoms in total. The molecule has 1 heterocycles. The number of rotatable bonds is 2. The standard InChI is InChI=1S/C29H20S/c1-19-9-2-4-12-21(19)24-15-7-17-26-27-18-8-16-25(29(27)30-28(24)26)23-14-6-11-20-10-3-5-13-22(20)23/h2-18H,1H3. The molecular formula is C29H20S. The van der Waals surface area contributed by atoms with E-state index < -0.39 is 0 Å². The third kappa shape index (κ3) is 2.59. The van der Waals surface area contributed by atoms with E-state index in [1.807, 2.05) is 11.3 Å². The summed E-state index contributed by atoms with van der Waals surface area (Å²) in [5.74, 6) is 0. The summed E-state index contributed by atoms with van der Waals surface area (Å²) in [6.07, 6.45) is 0. The van der Waals surface area contributed by atoms with E-state index in [1.54, 1.807) is 0 Å². The van der Waals surface area contributed by atoms with E-state index in [4.69, 9.17) is 0 Å². The Kier molecular flexibility index (Phi) is 3.97. The van der Waals surface area contributed by atoms with Gasteiger partial charge < -0.3 is 0 Å². The summed E-state index contributed by atoms with van der Waals surface area (Å²) in [6, 6.07) is 37.4. The molecule has 0 saturated heterocycles. The van der Waals surface area contributed by atoms with E-state index in [0.717, 1.165) is 0 Å². The van der Waals surface area contributed by atoms with E-state index in [2.05, 4.69) is 110 Å². The van der Waals surface area contributed by atoms with E-state index in [1.165, 1.54) is 58.8 Å². The minimum Gasteiger partial charge on any atom is -0.134 e. The highest BCUT2D eigenvalue weighted by Crippen LogP contribution is 2.45. The van der Waals surface area contributed by atoms with Crippen molar-refractivity contribution in [1.29, 1.82) is 0 Å². The van der Waals surface area contributed by atoms with Crippen molar-refractivity contribution in [1.82, 2.24) is 0 Å². The lowest BCUT2D eigenvalue weighted by molar-refractivity contribution is 1.47. The first-order valence-corrected chi connectivity index (χ1v) is 11.1. The molecule has 0 radical (unpaired) electrons. The first-order chi connectivity index (χ1) is 14.8. The average Bonchev–Trinajstić information content (AvgIpc) is 3.18. The molecule has 1 aromatic heterocycles. The maximum atomic E-state index is 2.27. The highest BCUT2D eigenvalue weighted by atomic mass is 32.1. The molecule has 30 heavy (non-hydrogen) atoms. The lowest BCUT2D eigenvalue weighted by atomic mass is 9.96. The Morgan fingerprint density at radius 1 is 0.433 bits per heavy atom. The topological polar surface area (TPSA) is 0 Å². The first kappa shape index (κ1) is 17.4. The molecule has 6 rings (SSSR count). The predicted molar refractivity (Wildman–Crippen MR) is 132 cm³/mol. The Bertz CT molecular complexity index is 1550. The molecule has 0 unspecified atom stereocenters. The van der Waals surface area contributed by atoms with E-state index in [-0.39, 0.29) is 0 Å². The van der Waals surface area contributed by atoms with E-state index in [9.17, 15) is 0 Å². The Hall–Kier alpha value is -3.42. The molecule has 0 fully saturated rings. The number of fused-ring (bicyclic) bond motifs is 4. The van der Waals surface area contributed by atoms with Gasteiger partial charge in [-0.15, -0.1) is 11.3 Å². The third-order valence-electron chi connectivity index (χ3n) is 6.04. The molecule has 5 aromatic carbocycles. The van der Waals surface area contributed by atoms with Gasteiger partial charge in [0.2, 0.25) is 0 Å². The number of aryl methyl sites for hydroxylation is 1. The number of hydrogen-bond donors (Lipinski definition) is 0. The van der Waals surface area contributed by atoms with Crippen LogP contribution in [0.4, 0.5) is 0 Å². The molecule has 0 aliphatic rings. The highest BCUT2D eigenvalue weighted by Gasteiger charge is 2.15. The van der Waals surface area contributed by atoms with Crippen LogP contribution in [-0.2, 0) is 0 Å². The second kappa shape index (κ2) is 6.83. The van der Waals surface area contributed by atoms with Gasteiger partial charge in [-0.3, -0.25) is 0 Å². The van der Waals surface area contributed by atoms with Gasteiger partial charge in [0.05, 0.1) is 0 Å². The van der Waals surface area contributed by atoms with Crippen molar-refractivity contribution in [2.45, 2.75) is 6.92 Å². The van der Waals surface area contributed by atoms with Crippen molar-refractivity contribution in [2.24, 2.45) is 0 Å². The van der Waals surface area contributed by atoms with Crippen LogP contribution in [0.2, 0.25) is 0 Å². The maximum absolute atomic E-state index is 2.27. The van der Waals surface area contributed by atoms with Gasteiger partial charge >= 0.3 is 0 Å². The zero-order chi connectivity index (χ0) is 20.1. The highest BCUT2D eigenvalue weighted by molar-refractivity contribution is 7.26. The third-order valence-corrected chi connectivity index (χ3v) is 7.33. The van der Waals surface area contributed by atoms with Gasteiger partial charge in [-0.25, -0.2) is 0 Å². The quantitative estimate of drug-likeness (QED) is 0.272. The van der Waals surface area contributed by atoms with Crippen molar-refractivity contribution < 1.29 is 0 Å². The second-order valence-corrected chi connectivity index (χ2v) is 8.83. The van der Waals surface area contributed by atoms with Crippen molar-refractivity contribution in [3.63, 3.8) is 0 Å². The molecule has 0 aliphatic carbocycles. The predicted octanol–water partition coefficient (Wildman–Crippen LogP) is 8.85. The van der Waals surface area contributed by atoms with Crippen LogP contribution in [0.25, 0.3) is 53.2 Å². The Morgan fingerprint density at radius 3 is 1.70 bits per heavy atom. The fourth-order valence-corrected chi connectivity index (χ4v) is 5.94. The average molecular weight is 401 g/mol. The van der Waals surface area contributed by atoms with Crippen LogP contribution >= 0.6 is 11.3 Å². The lowest BCUT2D eigenvalue weighted by Gasteiger charge is -2.08. The lowest BCUT2D eigenvalue weighted by Crippen LogP contribution is -1.82. The second-order valence-electron chi connectivity index (χ2n) is 7.81. The van der Waals surface area contributed by atoms with Crippen LogP contribution in [0.15, 0.2) is 103 Å². The van der Waals surface area contributed by atoms with Crippen LogP contribution in [0.1, 0.15) is 5.56 Å². The molecule has 0 bridgehead atoms. The summed E-state index contributed by atoms with van der Waals surface area (Å²) < 4.78 is 2.74. The van der Waals surface area contributed by atoms with Crippen LogP contribution in [0, 0.1) is 6.92 Å². The summed E-state index contributed by atoms with van der Waals surface area (Å²) in [6.45, 7) is 2.20. The summed E-state index contributed by atoms with van der Waals surface area (Å²) in [5, 5.41) is 5.28. The zero-order valence-electron chi connectivity index (χ0n) is 16.7. The summed E-state index contributed by atoms with van der Waals surface area (Å²) in [7, 11) is 0. The van der Waals surface area contributed by atoms with Gasteiger partial charge in [0.25, 0.3) is 0 Å². The normalized spacial score (nSPS) is 11.5. The molecule has 0 spiro atoms. The molecule has 1 heteroatoms. The molecule has 142 valence electrons. The van der Waals surface area contributed by atoms with Gasteiger partial charge in [0.15, 0.2) is 0 Å². The van der Waals surface area contributed by atoms with E-state index >= 15 is 0 Å². The number of hydrogen-bond acceptors (Lipinski definition) is 1. The van der Waals surface area contributed by atoms with Gasteiger partial charge in [-0.1, -0.05) is 103 Å². The van der Waals surface area contributed by atoms with Crippen molar-refractivity contribution in [3.8, 4) is 22.3 Å². The Labute approximate surface area is 180 Å². The largest absolute Gasteiger partial charge is 0.134 e. The van der Waals surface area contributed by atoms with Crippen LogP contribution in [0.5, 0.6) is 0 Å². The van der Waals surface area contributed by atoms with Gasteiger partial charge in [-0.2, -0.15) is 0 Å². The van der Waals surface area contributed by atoms with E-state index in [0.29, 0.717) is 0 Å². The number of thiophene rings is 1. The van der Waals surface area contributed by atoms with Crippen molar-refractivity contribution in [2.75, 3.05) is 0 Å². The van der Waals surface area contributed by atoms with Crippen LogP contribution in [-0.4, -0.2) is 0 Å². The van der Waals surface area contributed by atoms with Gasteiger partial charge in [0.1, 0.15) is 0 Å². The SMILES string of the molecule is Cc1ccccc1-c1cccc2c1sc1c(-c3cccc4ccccc34)cccc12. The van der Waals surface area contributed by atoms with Crippen molar-refractivity contribution >= 4 is 42.3 Å². The zero-order valence-corrected chi connectivity index (χ0v) is 17.5. The fraction of sp³-hybridized carbons (Fsp3) is 0.0345. The smallest absolute Gasteiger partial charge is 0.0434 e. The molecule has 6 aromatic rings. The fourth-order valence-electron chi connectivity index (χ4n) is 4.58. The molecule has 0 saturated carbocycles. The minimum atomic E-state index is 1.29. The summed E-state index contributed by atoms with van der Waals surface area (Å²) >= 11 is 1.92. The van der Waals surface area contributed by atoms with Crippen LogP contribution < -0.4 is 0 Å². The Morgan fingerprint density at radius 2 is 0.933 bits per heavy atom. The van der Waals surface area contributed by atoms with Gasteiger partial charge in [-0.05, 0) is 39.9 Å². The maximum Gasteiger partial charge on any atom is 0.0434 e. The Balaban J connectivity index is 1.70. The molecule has 0 amide bonds. The summed E-state index contributed by atoms with van der Waals surface area (Å²) in [5.41, 5.74) is 6.60. The molecule has 0 aliphatic heterocycles. The summed E-state index contributed by atoms with van der Waals surface area (Å²) in [4.78, 5) is 0. The molecule has 0 atom stereocenters. The number of benzene rings is 5. The molecular weight excluding hydrogens is 380 g/mol. The van der Waals surface area contributed by atoms with Crippen LogP contribution in [0.3, 0.4) is 0 Å².